The zero-order chi connectivity index (χ0) is 16.7. The maximum atomic E-state index is 12.7. The van der Waals surface area contributed by atoms with Crippen molar-refractivity contribution >= 4 is 32.7 Å². The summed E-state index contributed by atoms with van der Waals surface area (Å²) in [7, 11) is 1.68. The third-order valence-electron chi connectivity index (χ3n) is 4.56. The third-order valence-corrected chi connectivity index (χ3v) is 5.09. The number of halogens is 1. The number of hydrogen-bond donors (Lipinski definition) is 1. The van der Waals surface area contributed by atoms with Crippen LogP contribution in [0.2, 0.25) is 0 Å². The Hall–Kier alpha value is -2.27. The summed E-state index contributed by atoms with van der Waals surface area (Å²) in [5.74, 6) is 0.932. The molecule has 0 spiro atoms. The summed E-state index contributed by atoms with van der Waals surface area (Å²) in [4.78, 5) is 18.1. The van der Waals surface area contributed by atoms with Gasteiger partial charge in [0.05, 0.1) is 13.7 Å². The van der Waals surface area contributed by atoms with Gasteiger partial charge in [-0.05, 0) is 54.4 Å². The number of hydrogen-bond acceptors (Lipinski definition) is 2. The molecule has 4 rings (SSSR count). The van der Waals surface area contributed by atoms with E-state index >= 15 is 0 Å². The van der Waals surface area contributed by atoms with Gasteiger partial charge in [-0.2, -0.15) is 0 Å². The fourth-order valence-electron chi connectivity index (χ4n) is 3.30. The number of carbonyl (C=O) groups excluding carboxylic acids is 1. The minimum atomic E-state index is 0.0735. The number of ether oxygens (including phenoxy) is 1. The fraction of sp³-hybridized carbons (Fsp3) is 0.211. The van der Waals surface area contributed by atoms with Gasteiger partial charge in [0.1, 0.15) is 5.75 Å². The van der Waals surface area contributed by atoms with Crippen molar-refractivity contribution in [2.75, 3.05) is 13.7 Å². The van der Waals surface area contributed by atoms with E-state index in [9.17, 15) is 4.79 Å². The third kappa shape index (κ3) is 2.59. The number of amides is 1. The standard InChI is InChI=1S/C19H17BrN2O2/c1-24-14-6-7-17-16(10-14)15-8-9-22(11-18(15)21-17)19(23)12-2-4-13(20)5-3-12/h2-7,10,21H,8-9,11H2,1H3. The highest BCUT2D eigenvalue weighted by Crippen LogP contribution is 2.30. The molecular formula is C19H17BrN2O2. The summed E-state index contributed by atoms with van der Waals surface area (Å²) in [5.41, 5.74) is 4.23. The molecule has 1 amide bonds. The molecule has 0 aliphatic carbocycles. The molecule has 1 aliphatic rings. The van der Waals surface area contributed by atoms with Crippen LogP contribution in [-0.4, -0.2) is 29.4 Å². The Morgan fingerprint density at radius 3 is 2.75 bits per heavy atom. The number of nitrogens with zero attached hydrogens (tertiary/aromatic N) is 1. The van der Waals surface area contributed by atoms with Crippen LogP contribution in [0.15, 0.2) is 46.9 Å². The molecule has 0 fully saturated rings. The summed E-state index contributed by atoms with van der Waals surface area (Å²) in [5, 5.41) is 1.19. The maximum Gasteiger partial charge on any atom is 0.254 e. The van der Waals surface area contributed by atoms with Gasteiger partial charge in [-0.15, -0.1) is 0 Å². The van der Waals surface area contributed by atoms with Crippen molar-refractivity contribution in [1.29, 1.82) is 0 Å². The topological polar surface area (TPSA) is 45.3 Å². The van der Waals surface area contributed by atoms with Crippen molar-refractivity contribution in [3.8, 4) is 5.75 Å². The second kappa shape index (κ2) is 5.98. The van der Waals surface area contributed by atoms with Crippen molar-refractivity contribution in [3.05, 3.63) is 63.8 Å². The van der Waals surface area contributed by atoms with E-state index in [-0.39, 0.29) is 5.91 Å². The lowest BCUT2D eigenvalue weighted by Crippen LogP contribution is -2.35. The fourth-order valence-corrected chi connectivity index (χ4v) is 3.56. The molecule has 5 heteroatoms. The largest absolute Gasteiger partial charge is 0.497 e. The summed E-state index contributed by atoms with van der Waals surface area (Å²) < 4.78 is 6.30. The van der Waals surface area contributed by atoms with Crippen molar-refractivity contribution in [1.82, 2.24) is 9.88 Å². The number of H-pyrrole nitrogens is 1. The first kappa shape index (κ1) is 15.3. The highest BCUT2D eigenvalue weighted by atomic mass is 79.9. The first-order valence-electron chi connectivity index (χ1n) is 7.88. The Labute approximate surface area is 148 Å². The number of aromatic amines is 1. The second-order valence-corrected chi connectivity index (χ2v) is 6.89. The van der Waals surface area contributed by atoms with Crippen molar-refractivity contribution in [3.63, 3.8) is 0 Å². The van der Waals surface area contributed by atoms with Gasteiger partial charge in [-0.3, -0.25) is 4.79 Å². The molecule has 1 aliphatic heterocycles. The summed E-state index contributed by atoms with van der Waals surface area (Å²) in [6, 6.07) is 13.6. The molecule has 0 saturated heterocycles. The van der Waals surface area contributed by atoms with Crippen LogP contribution in [-0.2, 0) is 13.0 Å². The van der Waals surface area contributed by atoms with E-state index in [0.29, 0.717) is 6.54 Å². The summed E-state index contributed by atoms with van der Waals surface area (Å²) in [6.07, 6.45) is 0.852. The lowest BCUT2D eigenvalue weighted by Gasteiger charge is -2.27. The first-order valence-corrected chi connectivity index (χ1v) is 8.67. The monoisotopic (exact) mass is 384 g/mol. The second-order valence-electron chi connectivity index (χ2n) is 5.98. The van der Waals surface area contributed by atoms with Crippen LogP contribution in [0.5, 0.6) is 5.75 Å². The average Bonchev–Trinajstić information content (AvgIpc) is 2.98. The van der Waals surface area contributed by atoms with Crippen molar-refractivity contribution < 1.29 is 9.53 Å². The van der Waals surface area contributed by atoms with E-state index in [0.717, 1.165) is 40.0 Å². The molecule has 2 aromatic carbocycles. The first-order chi connectivity index (χ1) is 11.7. The maximum absolute atomic E-state index is 12.7. The van der Waals surface area contributed by atoms with Gasteiger partial charge in [-0.25, -0.2) is 0 Å². The summed E-state index contributed by atoms with van der Waals surface area (Å²) in [6.45, 7) is 1.34. The number of carbonyl (C=O) groups is 1. The zero-order valence-electron chi connectivity index (χ0n) is 13.3. The minimum absolute atomic E-state index is 0.0735. The smallest absolute Gasteiger partial charge is 0.254 e. The lowest BCUT2D eigenvalue weighted by molar-refractivity contribution is 0.0733. The molecule has 1 aromatic heterocycles. The highest BCUT2D eigenvalue weighted by molar-refractivity contribution is 9.10. The normalized spacial score (nSPS) is 13.8. The van der Waals surface area contributed by atoms with Gasteiger partial charge in [0.15, 0.2) is 0 Å². The molecule has 2 heterocycles. The molecular weight excluding hydrogens is 368 g/mol. The highest BCUT2D eigenvalue weighted by Gasteiger charge is 2.24. The number of rotatable bonds is 2. The quantitative estimate of drug-likeness (QED) is 0.721. The lowest BCUT2D eigenvalue weighted by atomic mass is 10.0. The van der Waals surface area contributed by atoms with E-state index in [1.807, 2.05) is 41.3 Å². The Morgan fingerprint density at radius 1 is 1.21 bits per heavy atom. The van der Waals surface area contributed by atoms with Crippen LogP contribution >= 0.6 is 15.9 Å². The van der Waals surface area contributed by atoms with Gasteiger partial charge in [-0.1, -0.05) is 15.9 Å². The van der Waals surface area contributed by atoms with Crippen LogP contribution in [0.3, 0.4) is 0 Å². The molecule has 0 saturated carbocycles. The van der Waals surface area contributed by atoms with E-state index in [4.69, 9.17) is 4.74 Å². The Kier molecular flexibility index (Phi) is 3.81. The van der Waals surface area contributed by atoms with Crippen LogP contribution in [0.4, 0.5) is 0 Å². The van der Waals surface area contributed by atoms with Gasteiger partial charge in [0.25, 0.3) is 5.91 Å². The van der Waals surface area contributed by atoms with Gasteiger partial charge < -0.3 is 14.6 Å². The van der Waals surface area contributed by atoms with E-state index in [1.54, 1.807) is 7.11 Å². The number of benzene rings is 2. The predicted octanol–water partition coefficient (Wildman–Crippen LogP) is 4.14. The number of fused-ring (bicyclic) bond motifs is 3. The molecule has 24 heavy (non-hydrogen) atoms. The Balaban J connectivity index is 1.64. The SMILES string of the molecule is COc1ccc2[nH]c3c(c2c1)CCN(C(=O)c1ccc(Br)cc1)C3. The molecule has 0 bridgehead atoms. The van der Waals surface area contributed by atoms with E-state index < -0.39 is 0 Å². The molecule has 4 nitrogen and oxygen atoms in total. The molecule has 122 valence electrons. The minimum Gasteiger partial charge on any atom is -0.497 e. The molecule has 0 unspecified atom stereocenters. The number of methoxy groups -OCH3 is 1. The number of aromatic nitrogens is 1. The zero-order valence-corrected chi connectivity index (χ0v) is 14.9. The van der Waals surface area contributed by atoms with Crippen LogP contribution in [0, 0.1) is 0 Å². The Bertz CT molecular complexity index is 915. The molecule has 0 radical (unpaired) electrons. The van der Waals surface area contributed by atoms with Gasteiger partial charge in [0, 0.05) is 33.2 Å². The summed E-state index contributed by atoms with van der Waals surface area (Å²) >= 11 is 3.40. The molecule has 3 aromatic rings. The predicted molar refractivity (Wildman–Crippen MR) is 97.4 cm³/mol. The van der Waals surface area contributed by atoms with Crippen LogP contribution < -0.4 is 4.74 Å². The van der Waals surface area contributed by atoms with Crippen LogP contribution in [0.1, 0.15) is 21.6 Å². The molecule has 0 atom stereocenters. The van der Waals surface area contributed by atoms with Gasteiger partial charge in [0.2, 0.25) is 0 Å². The average molecular weight is 385 g/mol. The van der Waals surface area contributed by atoms with Crippen molar-refractivity contribution in [2.24, 2.45) is 0 Å². The Morgan fingerprint density at radius 2 is 2.00 bits per heavy atom. The van der Waals surface area contributed by atoms with Crippen LogP contribution in [0.25, 0.3) is 10.9 Å². The number of nitrogens with one attached hydrogen (secondary N) is 1. The van der Waals surface area contributed by atoms with Crippen molar-refractivity contribution in [2.45, 2.75) is 13.0 Å². The van der Waals surface area contributed by atoms with E-state index in [1.165, 1.54) is 10.9 Å². The molecule has 1 N–H and O–H groups in total. The van der Waals surface area contributed by atoms with Gasteiger partial charge >= 0.3 is 0 Å². The van der Waals surface area contributed by atoms with E-state index in [2.05, 4.69) is 27.0 Å².